The van der Waals surface area contributed by atoms with Gasteiger partial charge in [0, 0.05) is 12.0 Å². The van der Waals surface area contributed by atoms with Gasteiger partial charge in [0.05, 0.1) is 19.4 Å². The molecular formula is C13H13N3O2. The summed E-state index contributed by atoms with van der Waals surface area (Å²) in [5, 5.41) is 7.58. The minimum absolute atomic E-state index is 0.409. The maximum atomic E-state index is 5.81. The first-order chi connectivity index (χ1) is 8.84. The van der Waals surface area contributed by atoms with Crippen LogP contribution in [0.25, 0.3) is 11.1 Å². The molecule has 0 radical (unpaired) electrons. The highest BCUT2D eigenvalue weighted by atomic mass is 16.5. The van der Waals surface area contributed by atoms with Crippen molar-refractivity contribution in [1.82, 2.24) is 10.2 Å². The van der Waals surface area contributed by atoms with Crippen LogP contribution in [0.4, 0.5) is 5.82 Å². The number of fused-ring (bicyclic) bond motifs is 1. The first-order valence-electron chi connectivity index (χ1n) is 5.82. The van der Waals surface area contributed by atoms with Crippen molar-refractivity contribution in [1.29, 1.82) is 0 Å². The van der Waals surface area contributed by atoms with Crippen molar-refractivity contribution in [3.8, 4) is 22.6 Å². The molecule has 2 aromatic rings. The van der Waals surface area contributed by atoms with Crippen molar-refractivity contribution in [2.24, 2.45) is 0 Å². The standard InChI is InChI=1S/C13H13N3O2/c14-13-10(4-5-15-16-13)9-2-3-11-12(8-9)18-7-1-6-17-11/h2-5,8H,1,6-7H2,(H2,14,16). The van der Waals surface area contributed by atoms with Gasteiger partial charge in [-0.3, -0.25) is 0 Å². The molecule has 2 N–H and O–H groups in total. The molecule has 18 heavy (non-hydrogen) atoms. The minimum atomic E-state index is 0.409. The Balaban J connectivity index is 2.04. The van der Waals surface area contributed by atoms with E-state index < -0.39 is 0 Å². The fraction of sp³-hybridized carbons (Fsp3) is 0.231. The van der Waals surface area contributed by atoms with Crippen LogP contribution in [0, 0.1) is 0 Å². The third-order valence-electron chi connectivity index (χ3n) is 2.81. The highest BCUT2D eigenvalue weighted by molar-refractivity contribution is 5.75. The topological polar surface area (TPSA) is 70.3 Å². The van der Waals surface area contributed by atoms with Gasteiger partial charge in [-0.25, -0.2) is 0 Å². The average Bonchev–Trinajstić information content (AvgIpc) is 2.63. The molecule has 1 aliphatic rings. The summed E-state index contributed by atoms with van der Waals surface area (Å²) in [6.45, 7) is 1.35. The zero-order valence-electron chi connectivity index (χ0n) is 9.80. The number of nitrogen functional groups attached to an aromatic ring is 1. The second-order valence-electron chi connectivity index (χ2n) is 4.04. The van der Waals surface area contributed by atoms with E-state index in [9.17, 15) is 0 Å². The first-order valence-corrected chi connectivity index (χ1v) is 5.82. The van der Waals surface area contributed by atoms with E-state index in [-0.39, 0.29) is 0 Å². The Bertz CT molecular complexity index is 572. The third-order valence-corrected chi connectivity index (χ3v) is 2.81. The van der Waals surface area contributed by atoms with E-state index in [2.05, 4.69) is 10.2 Å². The lowest BCUT2D eigenvalue weighted by molar-refractivity contribution is 0.297. The van der Waals surface area contributed by atoms with Gasteiger partial charge in [-0.05, 0) is 23.8 Å². The Hall–Kier alpha value is -2.30. The van der Waals surface area contributed by atoms with Crippen molar-refractivity contribution in [2.45, 2.75) is 6.42 Å². The summed E-state index contributed by atoms with van der Waals surface area (Å²) >= 11 is 0. The molecule has 3 rings (SSSR count). The molecule has 1 aliphatic heterocycles. The van der Waals surface area contributed by atoms with Crippen molar-refractivity contribution in [3.05, 3.63) is 30.5 Å². The van der Waals surface area contributed by atoms with Crippen LogP contribution in [0.1, 0.15) is 6.42 Å². The molecule has 0 saturated heterocycles. The molecule has 0 fully saturated rings. The number of ether oxygens (including phenoxy) is 2. The van der Waals surface area contributed by atoms with Gasteiger partial charge in [0.25, 0.3) is 0 Å². The van der Waals surface area contributed by atoms with Crippen LogP contribution >= 0.6 is 0 Å². The molecule has 0 bridgehead atoms. The molecule has 5 nitrogen and oxygen atoms in total. The van der Waals surface area contributed by atoms with Crippen LogP contribution in [-0.4, -0.2) is 23.4 Å². The summed E-state index contributed by atoms with van der Waals surface area (Å²) < 4.78 is 11.2. The fourth-order valence-electron chi connectivity index (χ4n) is 1.92. The maximum Gasteiger partial charge on any atom is 0.161 e. The molecule has 2 heterocycles. The summed E-state index contributed by atoms with van der Waals surface area (Å²) in [6, 6.07) is 7.60. The highest BCUT2D eigenvalue weighted by Gasteiger charge is 2.12. The van der Waals surface area contributed by atoms with Crippen LogP contribution in [0.2, 0.25) is 0 Å². The van der Waals surface area contributed by atoms with E-state index in [0.29, 0.717) is 19.0 Å². The molecule has 0 atom stereocenters. The van der Waals surface area contributed by atoms with E-state index in [4.69, 9.17) is 15.2 Å². The van der Waals surface area contributed by atoms with Gasteiger partial charge in [-0.2, -0.15) is 5.10 Å². The number of anilines is 1. The van der Waals surface area contributed by atoms with Gasteiger partial charge < -0.3 is 15.2 Å². The van der Waals surface area contributed by atoms with E-state index in [1.807, 2.05) is 24.3 Å². The summed E-state index contributed by atoms with van der Waals surface area (Å²) in [5.41, 5.74) is 7.61. The predicted octanol–water partition coefficient (Wildman–Crippen LogP) is 1.89. The zero-order chi connectivity index (χ0) is 12.4. The Morgan fingerprint density at radius 2 is 1.89 bits per heavy atom. The first kappa shape index (κ1) is 10.8. The molecule has 0 unspecified atom stereocenters. The van der Waals surface area contributed by atoms with Gasteiger partial charge in [0.1, 0.15) is 0 Å². The van der Waals surface area contributed by atoms with Crippen LogP contribution in [0.3, 0.4) is 0 Å². The molecule has 0 saturated carbocycles. The van der Waals surface area contributed by atoms with Crippen molar-refractivity contribution >= 4 is 5.82 Å². The van der Waals surface area contributed by atoms with Crippen molar-refractivity contribution < 1.29 is 9.47 Å². The lowest BCUT2D eigenvalue weighted by Crippen LogP contribution is -1.97. The Labute approximate surface area is 105 Å². The zero-order valence-corrected chi connectivity index (χ0v) is 9.80. The Kier molecular flexibility index (Phi) is 2.72. The van der Waals surface area contributed by atoms with Gasteiger partial charge in [0.2, 0.25) is 0 Å². The quantitative estimate of drug-likeness (QED) is 0.828. The van der Waals surface area contributed by atoms with E-state index in [1.165, 1.54) is 0 Å². The SMILES string of the molecule is Nc1nnccc1-c1ccc2c(c1)OCCCO2. The minimum Gasteiger partial charge on any atom is -0.490 e. The summed E-state index contributed by atoms with van der Waals surface area (Å²) in [5.74, 6) is 1.94. The summed E-state index contributed by atoms with van der Waals surface area (Å²) in [6.07, 6.45) is 2.51. The Morgan fingerprint density at radius 3 is 2.72 bits per heavy atom. The Morgan fingerprint density at radius 1 is 1.06 bits per heavy atom. The van der Waals surface area contributed by atoms with Gasteiger partial charge >= 0.3 is 0 Å². The number of hydrogen-bond donors (Lipinski definition) is 1. The van der Waals surface area contributed by atoms with E-state index in [0.717, 1.165) is 29.0 Å². The lowest BCUT2D eigenvalue weighted by atomic mass is 10.1. The molecule has 0 amide bonds. The molecule has 92 valence electrons. The van der Waals surface area contributed by atoms with E-state index in [1.54, 1.807) is 6.20 Å². The molecule has 1 aromatic heterocycles. The van der Waals surface area contributed by atoms with Crippen molar-refractivity contribution in [2.75, 3.05) is 18.9 Å². The number of nitrogens with zero attached hydrogens (tertiary/aromatic N) is 2. The second kappa shape index (κ2) is 4.52. The van der Waals surface area contributed by atoms with Crippen LogP contribution in [0.15, 0.2) is 30.5 Å². The number of nitrogens with two attached hydrogens (primary N) is 1. The van der Waals surface area contributed by atoms with Gasteiger partial charge in [0.15, 0.2) is 17.3 Å². The third kappa shape index (κ3) is 1.95. The highest BCUT2D eigenvalue weighted by Crippen LogP contribution is 2.35. The van der Waals surface area contributed by atoms with Crippen LogP contribution < -0.4 is 15.2 Å². The number of rotatable bonds is 1. The van der Waals surface area contributed by atoms with Gasteiger partial charge in [-0.1, -0.05) is 6.07 Å². The smallest absolute Gasteiger partial charge is 0.161 e. The van der Waals surface area contributed by atoms with Crippen LogP contribution in [-0.2, 0) is 0 Å². The summed E-state index contributed by atoms with van der Waals surface area (Å²) in [7, 11) is 0. The van der Waals surface area contributed by atoms with Crippen LogP contribution in [0.5, 0.6) is 11.5 Å². The average molecular weight is 243 g/mol. The number of aromatic nitrogens is 2. The number of hydrogen-bond acceptors (Lipinski definition) is 5. The monoisotopic (exact) mass is 243 g/mol. The lowest BCUT2D eigenvalue weighted by Gasteiger charge is -2.10. The fourth-order valence-corrected chi connectivity index (χ4v) is 1.92. The van der Waals surface area contributed by atoms with E-state index >= 15 is 0 Å². The second-order valence-corrected chi connectivity index (χ2v) is 4.04. The molecular weight excluding hydrogens is 230 g/mol. The predicted molar refractivity (Wildman–Crippen MR) is 67.5 cm³/mol. The molecule has 5 heteroatoms. The largest absolute Gasteiger partial charge is 0.490 e. The maximum absolute atomic E-state index is 5.81. The molecule has 0 aliphatic carbocycles. The molecule has 0 spiro atoms. The van der Waals surface area contributed by atoms with Gasteiger partial charge in [-0.15, -0.1) is 5.10 Å². The number of benzene rings is 1. The normalized spacial score (nSPS) is 14.0. The summed E-state index contributed by atoms with van der Waals surface area (Å²) in [4.78, 5) is 0. The molecule has 1 aromatic carbocycles. The van der Waals surface area contributed by atoms with Crippen molar-refractivity contribution in [3.63, 3.8) is 0 Å².